The van der Waals surface area contributed by atoms with E-state index in [2.05, 4.69) is 15.1 Å². The molecule has 6 nitrogen and oxygen atoms in total. The van der Waals surface area contributed by atoms with Crippen molar-refractivity contribution in [2.75, 3.05) is 7.11 Å². The number of aromatic nitrogens is 3. The number of hydrogen-bond donors (Lipinski definition) is 1. The molecule has 0 unspecified atom stereocenters. The van der Waals surface area contributed by atoms with Gasteiger partial charge in [-0.15, -0.1) is 0 Å². The van der Waals surface area contributed by atoms with Crippen molar-refractivity contribution >= 4 is 28.2 Å². The van der Waals surface area contributed by atoms with Gasteiger partial charge in [0.1, 0.15) is 28.9 Å². The molecule has 0 amide bonds. The van der Waals surface area contributed by atoms with Gasteiger partial charge in [0.05, 0.1) is 13.3 Å². The van der Waals surface area contributed by atoms with Gasteiger partial charge in [0.15, 0.2) is 0 Å². The predicted octanol–water partition coefficient (Wildman–Crippen LogP) is 2.91. The molecule has 7 heteroatoms. The number of hydrogen-bond acceptors (Lipinski definition) is 4. The summed E-state index contributed by atoms with van der Waals surface area (Å²) in [6.07, 6.45) is 2.60. The van der Waals surface area contributed by atoms with E-state index in [-0.39, 0.29) is 11.1 Å². The first-order valence-corrected chi connectivity index (χ1v) is 7.53. The van der Waals surface area contributed by atoms with Crippen LogP contribution in [0, 0.1) is 5.82 Å². The molecule has 0 radical (unpaired) electrons. The number of nitrogens with zero attached hydrogens (tertiary/aromatic N) is 3. The van der Waals surface area contributed by atoms with E-state index in [1.165, 1.54) is 18.6 Å². The Labute approximate surface area is 141 Å². The Balaban J connectivity index is 1.84. The van der Waals surface area contributed by atoms with Crippen molar-refractivity contribution in [2.45, 2.75) is 0 Å². The molecule has 0 spiro atoms. The van der Waals surface area contributed by atoms with Gasteiger partial charge in [-0.05, 0) is 24.3 Å². The van der Waals surface area contributed by atoms with Crippen molar-refractivity contribution in [1.29, 1.82) is 0 Å². The molecule has 4 aromatic rings. The van der Waals surface area contributed by atoms with Crippen LogP contribution in [0.15, 0.2) is 58.7 Å². The van der Waals surface area contributed by atoms with Crippen molar-refractivity contribution in [3.05, 3.63) is 70.5 Å². The van der Waals surface area contributed by atoms with Crippen molar-refractivity contribution in [1.82, 2.24) is 14.6 Å². The number of methoxy groups -OCH3 is 1. The van der Waals surface area contributed by atoms with Gasteiger partial charge in [0.2, 0.25) is 0 Å². The SMILES string of the molecule is COc1ccc2[nH]c3c(=O)n(/N=C/c4ccccc4F)cnc3c2c1. The number of halogens is 1. The number of aromatic amines is 1. The van der Waals surface area contributed by atoms with Crippen LogP contribution in [-0.4, -0.2) is 28.0 Å². The minimum atomic E-state index is -0.411. The summed E-state index contributed by atoms with van der Waals surface area (Å²) in [4.78, 5) is 20.0. The average Bonchev–Trinajstić information content (AvgIpc) is 3.01. The van der Waals surface area contributed by atoms with Crippen molar-refractivity contribution in [3.63, 3.8) is 0 Å². The zero-order chi connectivity index (χ0) is 17.4. The lowest BCUT2D eigenvalue weighted by Gasteiger charge is -1.99. The number of H-pyrrole nitrogens is 1. The molecule has 4 rings (SSSR count). The van der Waals surface area contributed by atoms with Gasteiger partial charge in [0, 0.05) is 16.5 Å². The molecule has 0 atom stereocenters. The molecular formula is C18H13FN4O2. The van der Waals surface area contributed by atoms with E-state index < -0.39 is 5.82 Å². The molecule has 25 heavy (non-hydrogen) atoms. The Bertz CT molecular complexity index is 1180. The molecule has 1 N–H and O–H groups in total. The normalized spacial score (nSPS) is 11.6. The summed E-state index contributed by atoms with van der Waals surface area (Å²) in [6.45, 7) is 0. The number of ether oxygens (including phenoxy) is 1. The smallest absolute Gasteiger partial charge is 0.298 e. The number of benzene rings is 2. The molecule has 0 saturated heterocycles. The highest BCUT2D eigenvalue weighted by molar-refractivity contribution is 6.04. The van der Waals surface area contributed by atoms with Gasteiger partial charge in [-0.1, -0.05) is 18.2 Å². The fourth-order valence-corrected chi connectivity index (χ4v) is 2.64. The first-order valence-electron chi connectivity index (χ1n) is 7.53. The minimum absolute atomic E-state index is 0.288. The highest BCUT2D eigenvalue weighted by atomic mass is 19.1. The van der Waals surface area contributed by atoms with Crippen LogP contribution in [0.4, 0.5) is 4.39 Å². The van der Waals surface area contributed by atoms with Gasteiger partial charge in [0.25, 0.3) is 5.56 Å². The molecule has 0 aliphatic heterocycles. The van der Waals surface area contributed by atoms with E-state index in [1.54, 1.807) is 31.4 Å². The summed E-state index contributed by atoms with van der Waals surface area (Å²) in [5.74, 6) is 0.267. The quantitative estimate of drug-likeness (QED) is 0.585. The van der Waals surface area contributed by atoms with E-state index in [0.29, 0.717) is 16.8 Å². The van der Waals surface area contributed by atoms with Gasteiger partial charge < -0.3 is 9.72 Å². The first kappa shape index (κ1) is 15.1. The summed E-state index contributed by atoms with van der Waals surface area (Å²) in [5, 5.41) is 4.81. The lowest BCUT2D eigenvalue weighted by atomic mass is 10.2. The fraction of sp³-hybridized carbons (Fsp3) is 0.0556. The highest BCUT2D eigenvalue weighted by Gasteiger charge is 2.11. The zero-order valence-electron chi connectivity index (χ0n) is 13.2. The van der Waals surface area contributed by atoms with E-state index in [1.807, 2.05) is 12.1 Å². The third-order valence-corrected chi connectivity index (χ3v) is 3.92. The van der Waals surface area contributed by atoms with Crippen LogP contribution in [0.5, 0.6) is 5.75 Å². The Morgan fingerprint density at radius 1 is 1.28 bits per heavy atom. The molecule has 2 aromatic heterocycles. The second-order valence-corrected chi connectivity index (χ2v) is 5.42. The third-order valence-electron chi connectivity index (χ3n) is 3.92. The zero-order valence-corrected chi connectivity index (χ0v) is 13.2. The Hall–Kier alpha value is -3.48. The van der Waals surface area contributed by atoms with Crippen LogP contribution in [0.3, 0.4) is 0 Å². The number of nitrogens with one attached hydrogen (secondary N) is 1. The Morgan fingerprint density at radius 2 is 2.12 bits per heavy atom. The number of rotatable bonds is 3. The molecule has 0 fully saturated rings. The molecular weight excluding hydrogens is 323 g/mol. The topological polar surface area (TPSA) is 72.3 Å². The number of fused-ring (bicyclic) bond motifs is 3. The standard InChI is InChI=1S/C18H13FN4O2/c1-25-12-6-7-15-13(8-12)16-17(22-15)18(24)23(10-20-16)21-9-11-4-2-3-5-14(11)19/h2-10,22H,1H3/b21-9+. The van der Waals surface area contributed by atoms with Gasteiger partial charge in [-0.3, -0.25) is 4.79 Å². The molecule has 0 saturated carbocycles. The summed E-state index contributed by atoms with van der Waals surface area (Å²) in [7, 11) is 1.58. The van der Waals surface area contributed by atoms with Crippen molar-refractivity contribution in [3.8, 4) is 5.75 Å². The van der Waals surface area contributed by atoms with Crippen LogP contribution < -0.4 is 10.3 Å². The van der Waals surface area contributed by atoms with Crippen LogP contribution in [-0.2, 0) is 0 Å². The lowest BCUT2D eigenvalue weighted by molar-refractivity contribution is 0.415. The summed E-state index contributed by atoms with van der Waals surface area (Å²) in [6, 6.07) is 11.6. The van der Waals surface area contributed by atoms with Crippen LogP contribution in [0.2, 0.25) is 0 Å². The summed E-state index contributed by atoms with van der Waals surface area (Å²) >= 11 is 0. The Kier molecular flexibility index (Phi) is 3.53. The van der Waals surface area contributed by atoms with Gasteiger partial charge >= 0.3 is 0 Å². The van der Waals surface area contributed by atoms with E-state index in [4.69, 9.17) is 4.74 Å². The van der Waals surface area contributed by atoms with E-state index in [0.717, 1.165) is 15.6 Å². The Morgan fingerprint density at radius 3 is 2.92 bits per heavy atom. The molecule has 0 aliphatic carbocycles. The largest absolute Gasteiger partial charge is 0.497 e. The van der Waals surface area contributed by atoms with Crippen molar-refractivity contribution in [2.24, 2.45) is 5.10 Å². The maximum Gasteiger partial charge on any atom is 0.298 e. The predicted molar refractivity (Wildman–Crippen MR) is 93.8 cm³/mol. The first-order chi connectivity index (χ1) is 12.2. The molecule has 0 bridgehead atoms. The van der Waals surface area contributed by atoms with Crippen molar-refractivity contribution < 1.29 is 9.13 Å². The second kappa shape index (κ2) is 5.86. The maximum absolute atomic E-state index is 13.6. The third kappa shape index (κ3) is 2.55. The molecule has 0 aliphatic rings. The fourth-order valence-electron chi connectivity index (χ4n) is 2.64. The van der Waals surface area contributed by atoms with Crippen LogP contribution in [0.25, 0.3) is 21.9 Å². The summed E-state index contributed by atoms with van der Waals surface area (Å²) < 4.78 is 19.9. The van der Waals surface area contributed by atoms with Crippen LogP contribution >= 0.6 is 0 Å². The van der Waals surface area contributed by atoms with Gasteiger partial charge in [-0.25, -0.2) is 9.37 Å². The van der Waals surface area contributed by atoms with Crippen LogP contribution in [0.1, 0.15) is 5.56 Å². The molecule has 124 valence electrons. The van der Waals surface area contributed by atoms with E-state index in [9.17, 15) is 9.18 Å². The second-order valence-electron chi connectivity index (χ2n) is 5.42. The minimum Gasteiger partial charge on any atom is -0.497 e. The monoisotopic (exact) mass is 336 g/mol. The lowest BCUT2D eigenvalue weighted by Crippen LogP contribution is -2.17. The molecule has 2 aromatic carbocycles. The molecule has 2 heterocycles. The average molecular weight is 336 g/mol. The van der Waals surface area contributed by atoms with Gasteiger partial charge in [-0.2, -0.15) is 9.78 Å². The maximum atomic E-state index is 13.6. The summed E-state index contributed by atoms with van der Waals surface area (Å²) in [5.41, 5.74) is 1.56. The highest BCUT2D eigenvalue weighted by Crippen LogP contribution is 2.25. The van der Waals surface area contributed by atoms with E-state index >= 15 is 0 Å².